The Labute approximate surface area is 179 Å². The molecule has 1 N–H and O–H groups in total. The number of rotatable bonds is 4. The summed E-state index contributed by atoms with van der Waals surface area (Å²) in [5.41, 5.74) is 3.63. The van der Waals surface area contributed by atoms with Crippen LogP contribution in [0.3, 0.4) is 0 Å². The van der Waals surface area contributed by atoms with E-state index >= 15 is 0 Å². The summed E-state index contributed by atoms with van der Waals surface area (Å²) in [6.07, 6.45) is 2.50. The molecule has 1 aliphatic heterocycles. The van der Waals surface area contributed by atoms with Crippen molar-refractivity contribution in [3.05, 3.63) is 71.4 Å². The fourth-order valence-electron chi connectivity index (χ4n) is 3.94. The van der Waals surface area contributed by atoms with Crippen LogP contribution in [0.15, 0.2) is 48.5 Å². The Morgan fingerprint density at radius 3 is 2.52 bits per heavy atom. The van der Waals surface area contributed by atoms with Crippen LogP contribution in [0.2, 0.25) is 0 Å². The quantitative estimate of drug-likeness (QED) is 0.572. The summed E-state index contributed by atoms with van der Waals surface area (Å²) in [7, 11) is 0. The first-order valence-electron chi connectivity index (χ1n) is 10.3. The maximum absolute atomic E-state index is 14.2. The molecule has 1 fully saturated rings. The summed E-state index contributed by atoms with van der Waals surface area (Å²) >= 11 is 0. The molecule has 0 saturated carbocycles. The van der Waals surface area contributed by atoms with Gasteiger partial charge in [-0.3, -0.25) is 9.78 Å². The van der Waals surface area contributed by atoms with Crippen LogP contribution < -0.4 is 0 Å². The largest absolute Gasteiger partial charge is 0.458 e. The zero-order valence-electron chi connectivity index (χ0n) is 17.3. The second kappa shape index (κ2) is 8.55. The number of nitrogens with zero attached hydrogens (tertiary/aromatic N) is 1. The fraction of sp³-hybridized carbons (Fsp3) is 0.280. The van der Waals surface area contributed by atoms with Crippen LogP contribution in [-0.2, 0) is 9.53 Å². The second-order valence-corrected chi connectivity index (χ2v) is 8.09. The Bertz CT molecular complexity index is 1160. The van der Waals surface area contributed by atoms with Crippen LogP contribution in [0, 0.1) is 11.6 Å². The predicted octanol–water partition coefficient (Wildman–Crippen LogP) is 5.38. The minimum atomic E-state index is -0.749. The van der Waals surface area contributed by atoms with Gasteiger partial charge in [-0.1, -0.05) is 32.1 Å². The van der Waals surface area contributed by atoms with Crippen molar-refractivity contribution in [2.45, 2.75) is 44.8 Å². The highest BCUT2D eigenvalue weighted by Crippen LogP contribution is 2.37. The monoisotopic (exact) mass is 423 g/mol. The van der Waals surface area contributed by atoms with Crippen LogP contribution in [0.5, 0.6) is 0 Å². The van der Waals surface area contributed by atoms with Gasteiger partial charge in [-0.25, -0.2) is 8.78 Å². The van der Waals surface area contributed by atoms with Crippen LogP contribution in [0.25, 0.3) is 28.1 Å². The lowest BCUT2D eigenvalue weighted by Crippen LogP contribution is -2.31. The smallest absolute Gasteiger partial charge is 0.309 e. The van der Waals surface area contributed by atoms with Crippen molar-refractivity contribution in [1.82, 2.24) is 4.98 Å². The lowest BCUT2D eigenvalue weighted by molar-refractivity contribution is -0.156. The molecule has 6 heteroatoms. The minimum Gasteiger partial charge on any atom is -0.458 e. The molecular formula is C25H23F2NO3. The normalized spacial score (nSPS) is 19.4. The first-order chi connectivity index (χ1) is 14.8. The van der Waals surface area contributed by atoms with Crippen molar-refractivity contribution >= 4 is 22.9 Å². The molecule has 2 heterocycles. The van der Waals surface area contributed by atoms with E-state index in [0.29, 0.717) is 17.3 Å². The second-order valence-electron chi connectivity index (χ2n) is 8.09. The lowest BCUT2D eigenvalue weighted by atomic mass is 9.90. The summed E-state index contributed by atoms with van der Waals surface area (Å²) in [4.78, 5) is 16.5. The van der Waals surface area contributed by atoms with E-state index in [1.54, 1.807) is 30.4 Å². The molecule has 0 radical (unpaired) electrons. The molecule has 31 heavy (non-hydrogen) atoms. The molecule has 160 valence electrons. The van der Waals surface area contributed by atoms with Crippen molar-refractivity contribution in [1.29, 1.82) is 0 Å². The highest BCUT2D eigenvalue weighted by Gasteiger charge is 2.26. The molecule has 2 aromatic carbocycles. The zero-order valence-corrected chi connectivity index (χ0v) is 17.3. The average molecular weight is 423 g/mol. The number of aliphatic hydroxyl groups is 1. The molecule has 4 nitrogen and oxygen atoms in total. The van der Waals surface area contributed by atoms with E-state index < -0.39 is 24.0 Å². The summed E-state index contributed by atoms with van der Waals surface area (Å²) in [6.45, 7) is 4.02. The van der Waals surface area contributed by atoms with E-state index in [0.717, 1.165) is 22.4 Å². The molecule has 0 bridgehead atoms. The molecule has 1 saturated heterocycles. The number of esters is 1. The van der Waals surface area contributed by atoms with Crippen molar-refractivity contribution in [3.63, 3.8) is 0 Å². The SMILES string of the molecule is CC(C)c1nc2ccc(F)cc2c(-c2ccc(F)cc2)c1/C=C/[C@@H]1C[C@@H](O)CC(=O)O1. The highest BCUT2D eigenvalue weighted by molar-refractivity contribution is 5.99. The van der Waals surface area contributed by atoms with Crippen molar-refractivity contribution in [2.24, 2.45) is 0 Å². The topological polar surface area (TPSA) is 59.4 Å². The molecule has 0 spiro atoms. The summed E-state index contributed by atoms with van der Waals surface area (Å²) in [5.74, 6) is -1.16. The number of halogens is 2. The number of ether oxygens (including phenoxy) is 1. The van der Waals surface area contributed by atoms with Crippen molar-refractivity contribution in [3.8, 4) is 11.1 Å². The van der Waals surface area contributed by atoms with E-state index in [2.05, 4.69) is 0 Å². The van der Waals surface area contributed by atoms with E-state index in [4.69, 9.17) is 9.72 Å². The minimum absolute atomic E-state index is 0.0147. The van der Waals surface area contributed by atoms with Gasteiger partial charge in [0, 0.05) is 22.9 Å². The number of aliphatic hydroxyl groups excluding tert-OH is 1. The Morgan fingerprint density at radius 1 is 1.13 bits per heavy atom. The Hall–Kier alpha value is -3.12. The third-order valence-corrected chi connectivity index (χ3v) is 5.36. The average Bonchev–Trinajstić information content (AvgIpc) is 2.71. The number of fused-ring (bicyclic) bond motifs is 1. The standard InChI is InChI=1S/C25H23F2NO3/c1-14(2)25-20(9-8-19-12-18(29)13-23(30)31-19)24(15-3-5-16(26)6-4-15)21-11-17(27)7-10-22(21)28-25/h3-11,14,18-19,29H,12-13H2,1-2H3/b9-8+/t18-,19-/m1/s1. The maximum atomic E-state index is 14.2. The van der Waals surface area contributed by atoms with Crippen molar-refractivity contribution < 1.29 is 23.4 Å². The Balaban J connectivity index is 1.94. The molecular weight excluding hydrogens is 400 g/mol. The highest BCUT2D eigenvalue weighted by atomic mass is 19.1. The van der Waals surface area contributed by atoms with Gasteiger partial charge in [0.1, 0.15) is 17.7 Å². The third-order valence-electron chi connectivity index (χ3n) is 5.36. The number of hydrogen-bond acceptors (Lipinski definition) is 4. The zero-order chi connectivity index (χ0) is 22.1. The van der Waals surface area contributed by atoms with E-state index in [1.165, 1.54) is 24.3 Å². The van der Waals surface area contributed by atoms with Gasteiger partial charge < -0.3 is 9.84 Å². The number of carbonyl (C=O) groups excluding carboxylic acids is 1. The van der Waals surface area contributed by atoms with E-state index in [1.807, 2.05) is 13.8 Å². The molecule has 3 aromatic rings. The first kappa shape index (κ1) is 21.1. The van der Waals surface area contributed by atoms with Gasteiger partial charge in [-0.05, 0) is 47.9 Å². The van der Waals surface area contributed by atoms with Gasteiger partial charge in [-0.15, -0.1) is 0 Å². The molecule has 0 aliphatic carbocycles. The number of benzene rings is 2. The van der Waals surface area contributed by atoms with Crippen LogP contribution in [0.1, 0.15) is 43.9 Å². The maximum Gasteiger partial charge on any atom is 0.309 e. The summed E-state index contributed by atoms with van der Waals surface area (Å²) in [5, 5.41) is 10.5. The van der Waals surface area contributed by atoms with Gasteiger partial charge in [0.25, 0.3) is 0 Å². The number of cyclic esters (lactones) is 1. The Kier molecular flexibility index (Phi) is 5.83. The van der Waals surface area contributed by atoms with Crippen molar-refractivity contribution in [2.75, 3.05) is 0 Å². The first-order valence-corrected chi connectivity index (χ1v) is 10.3. The van der Waals surface area contributed by atoms with E-state index in [-0.39, 0.29) is 18.2 Å². The number of hydrogen-bond donors (Lipinski definition) is 1. The molecule has 1 aromatic heterocycles. The van der Waals surface area contributed by atoms with Gasteiger partial charge in [0.05, 0.1) is 23.7 Å². The molecule has 1 aliphatic rings. The van der Waals surface area contributed by atoms with Gasteiger partial charge in [0.2, 0.25) is 0 Å². The van der Waals surface area contributed by atoms with Crippen LogP contribution >= 0.6 is 0 Å². The summed E-state index contributed by atoms with van der Waals surface area (Å²) in [6, 6.07) is 10.5. The third kappa shape index (κ3) is 4.49. The van der Waals surface area contributed by atoms with Gasteiger partial charge in [-0.2, -0.15) is 0 Å². The van der Waals surface area contributed by atoms with Gasteiger partial charge in [0.15, 0.2) is 0 Å². The van der Waals surface area contributed by atoms with Crippen LogP contribution in [-0.4, -0.2) is 28.3 Å². The number of pyridine rings is 1. The lowest BCUT2D eigenvalue weighted by Gasteiger charge is -2.24. The fourth-order valence-corrected chi connectivity index (χ4v) is 3.94. The predicted molar refractivity (Wildman–Crippen MR) is 115 cm³/mol. The Morgan fingerprint density at radius 2 is 1.84 bits per heavy atom. The molecule has 0 unspecified atom stereocenters. The molecule has 0 amide bonds. The number of aromatic nitrogens is 1. The van der Waals surface area contributed by atoms with Gasteiger partial charge >= 0.3 is 5.97 Å². The summed E-state index contributed by atoms with van der Waals surface area (Å²) < 4.78 is 33.1. The van der Waals surface area contributed by atoms with Crippen LogP contribution in [0.4, 0.5) is 8.78 Å². The molecule has 2 atom stereocenters. The molecule has 4 rings (SSSR count). The van der Waals surface area contributed by atoms with E-state index in [9.17, 15) is 18.7 Å². The number of carbonyl (C=O) groups is 1.